The van der Waals surface area contributed by atoms with E-state index in [1.807, 2.05) is 39.0 Å². The Hall–Kier alpha value is -1.73. The highest BCUT2D eigenvalue weighted by Gasteiger charge is 2.23. The fraction of sp³-hybridized carbons (Fsp3) is 0.400. The van der Waals surface area contributed by atoms with Crippen molar-refractivity contribution in [3.05, 3.63) is 29.3 Å². The van der Waals surface area contributed by atoms with E-state index >= 15 is 0 Å². The van der Waals surface area contributed by atoms with Crippen molar-refractivity contribution in [1.29, 1.82) is 0 Å². The molecule has 2 rings (SSSR count). The maximum Gasteiger partial charge on any atom is 0.233 e. The monoisotopic (exact) mass is 353 g/mol. The van der Waals surface area contributed by atoms with Crippen LogP contribution in [0.1, 0.15) is 27.7 Å². The second-order valence-corrected chi connectivity index (χ2v) is 7.87. The summed E-state index contributed by atoms with van der Waals surface area (Å²) in [5, 5.41) is 11.7. The first kappa shape index (κ1) is 17.6. The lowest BCUT2D eigenvalue weighted by molar-refractivity contribution is -0.121. The van der Waals surface area contributed by atoms with Crippen LogP contribution in [-0.2, 0) is 4.79 Å². The maximum absolute atomic E-state index is 12.2. The molecule has 124 valence electrons. The highest BCUT2D eigenvalue weighted by atomic mass is 35.5. The smallest absolute Gasteiger partial charge is 0.233 e. The summed E-state index contributed by atoms with van der Waals surface area (Å²) >= 11 is 7.41. The van der Waals surface area contributed by atoms with E-state index in [4.69, 9.17) is 17.4 Å². The van der Waals surface area contributed by atoms with Gasteiger partial charge in [0.05, 0.1) is 10.3 Å². The number of nitrogen functional groups attached to an aromatic ring is 1. The number of nitrogens with one attached hydrogen (secondary N) is 1. The predicted molar refractivity (Wildman–Crippen MR) is 93.8 cm³/mol. The molecule has 0 fully saturated rings. The third kappa shape index (κ3) is 4.39. The first-order chi connectivity index (χ1) is 10.7. The first-order valence-electron chi connectivity index (χ1n) is 7.13. The quantitative estimate of drug-likeness (QED) is 0.652. The summed E-state index contributed by atoms with van der Waals surface area (Å²) in [6.45, 7) is 7.60. The number of amides is 1. The molecular formula is C15H20ClN5OS. The molecule has 0 aliphatic heterocycles. The number of thioether (sulfide) groups is 1. The van der Waals surface area contributed by atoms with Crippen molar-refractivity contribution in [2.24, 2.45) is 0 Å². The second kappa shape index (κ2) is 6.80. The lowest BCUT2D eigenvalue weighted by atomic mass is 10.1. The Morgan fingerprint density at radius 3 is 2.61 bits per heavy atom. The lowest BCUT2D eigenvalue weighted by Crippen LogP contribution is -2.44. The summed E-state index contributed by atoms with van der Waals surface area (Å²) in [4.78, 5) is 12.2. The van der Waals surface area contributed by atoms with Crippen molar-refractivity contribution in [1.82, 2.24) is 20.2 Å². The number of hydrogen-bond donors (Lipinski definition) is 2. The largest absolute Gasteiger partial charge is 0.351 e. The molecule has 23 heavy (non-hydrogen) atoms. The minimum atomic E-state index is -0.347. The molecule has 1 aromatic carbocycles. The minimum Gasteiger partial charge on any atom is -0.351 e. The summed E-state index contributed by atoms with van der Waals surface area (Å²) in [7, 11) is 0. The Balaban J connectivity index is 2.17. The van der Waals surface area contributed by atoms with Crippen molar-refractivity contribution in [3.63, 3.8) is 0 Å². The molecule has 1 heterocycles. The molecule has 2 aromatic rings. The molecule has 8 heteroatoms. The van der Waals surface area contributed by atoms with Crippen molar-refractivity contribution in [2.75, 3.05) is 5.84 Å². The van der Waals surface area contributed by atoms with E-state index in [1.54, 1.807) is 13.0 Å². The number of halogens is 1. The Morgan fingerprint density at radius 1 is 1.35 bits per heavy atom. The van der Waals surface area contributed by atoms with Gasteiger partial charge in [0.25, 0.3) is 0 Å². The van der Waals surface area contributed by atoms with Crippen LogP contribution in [0.15, 0.2) is 29.4 Å². The predicted octanol–water partition coefficient (Wildman–Crippen LogP) is 2.71. The van der Waals surface area contributed by atoms with E-state index in [0.29, 0.717) is 21.6 Å². The van der Waals surface area contributed by atoms with Crippen molar-refractivity contribution >= 4 is 29.3 Å². The van der Waals surface area contributed by atoms with Gasteiger partial charge < -0.3 is 11.2 Å². The number of carbonyl (C=O) groups is 1. The molecule has 0 unspecified atom stereocenters. The molecule has 0 aliphatic carbocycles. The molecule has 0 radical (unpaired) electrons. The van der Waals surface area contributed by atoms with Crippen LogP contribution in [0.25, 0.3) is 11.4 Å². The third-order valence-electron chi connectivity index (χ3n) is 2.93. The van der Waals surface area contributed by atoms with Gasteiger partial charge in [-0.15, -0.1) is 10.2 Å². The Bertz CT molecular complexity index is 710. The van der Waals surface area contributed by atoms with Gasteiger partial charge in [-0.05, 0) is 39.8 Å². The molecule has 3 N–H and O–H groups in total. The normalized spacial score (nSPS) is 12.9. The Morgan fingerprint density at radius 2 is 2.00 bits per heavy atom. The van der Waals surface area contributed by atoms with Gasteiger partial charge in [0, 0.05) is 11.1 Å². The van der Waals surface area contributed by atoms with Gasteiger partial charge in [0.2, 0.25) is 11.1 Å². The number of nitrogens with zero attached hydrogens (tertiary/aromatic N) is 3. The Kier molecular flexibility index (Phi) is 5.21. The molecule has 1 atom stereocenters. The zero-order valence-corrected chi connectivity index (χ0v) is 15.1. The minimum absolute atomic E-state index is 0.0789. The summed E-state index contributed by atoms with van der Waals surface area (Å²) in [6.07, 6.45) is 0. The van der Waals surface area contributed by atoms with Crippen LogP contribution in [0.4, 0.5) is 0 Å². The molecule has 0 aliphatic rings. The number of hydrogen-bond acceptors (Lipinski definition) is 5. The van der Waals surface area contributed by atoms with Crippen molar-refractivity contribution in [3.8, 4) is 11.4 Å². The number of nitrogens with two attached hydrogens (primary N) is 1. The highest BCUT2D eigenvalue weighted by Crippen LogP contribution is 2.29. The Labute approximate surface area is 144 Å². The topological polar surface area (TPSA) is 85.8 Å². The second-order valence-electron chi connectivity index (χ2n) is 6.16. The van der Waals surface area contributed by atoms with Gasteiger partial charge in [-0.1, -0.05) is 35.5 Å². The van der Waals surface area contributed by atoms with E-state index in [9.17, 15) is 4.79 Å². The molecule has 6 nitrogen and oxygen atoms in total. The van der Waals surface area contributed by atoms with E-state index in [-0.39, 0.29) is 16.7 Å². The summed E-state index contributed by atoms with van der Waals surface area (Å²) in [6, 6.07) is 7.26. The average Bonchev–Trinajstić information content (AvgIpc) is 2.79. The summed E-state index contributed by atoms with van der Waals surface area (Å²) in [5.74, 6) is 6.44. The zero-order chi connectivity index (χ0) is 17.2. The van der Waals surface area contributed by atoms with Gasteiger partial charge >= 0.3 is 0 Å². The zero-order valence-electron chi connectivity index (χ0n) is 13.5. The van der Waals surface area contributed by atoms with Crippen LogP contribution in [0, 0.1) is 0 Å². The summed E-state index contributed by atoms with van der Waals surface area (Å²) < 4.78 is 1.35. The van der Waals surface area contributed by atoms with Crippen LogP contribution in [-0.4, -0.2) is 31.6 Å². The van der Waals surface area contributed by atoms with Crippen LogP contribution in [0.5, 0.6) is 0 Å². The SMILES string of the molecule is C[C@@H](Sc1nnc(-c2ccccc2Cl)n1N)C(=O)NC(C)(C)C. The van der Waals surface area contributed by atoms with E-state index in [0.717, 1.165) is 0 Å². The van der Waals surface area contributed by atoms with Gasteiger partial charge in [-0.2, -0.15) is 0 Å². The molecule has 1 aromatic heterocycles. The van der Waals surface area contributed by atoms with E-state index in [2.05, 4.69) is 15.5 Å². The van der Waals surface area contributed by atoms with Gasteiger partial charge in [-0.25, -0.2) is 4.68 Å². The van der Waals surface area contributed by atoms with Gasteiger partial charge in [-0.3, -0.25) is 4.79 Å². The molecule has 0 spiro atoms. The van der Waals surface area contributed by atoms with Gasteiger partial charge in [0.15, 0.2) is 5.82 Å². The lowest BCUT2D eigenvalue weighted by Gasteiger charge is -2.22. The van der Waals surface area contributed by atoms with Crippen molar-refractivity contribution in [2.45, 2.75) is 43.6 Å². The highest BCUT2D eigenvalue weighted by molar-refractivity contribution is 8.00. The standard InChI is InChI=1S/C15H20ClN5OS/c1-9(13(22)18-15(2,3)4)23-14-20-19-12(21(14)17)10-7-5-6-8-11(10)16/h5-9H,17H2,1-4H3,(H,18,22)/t9-/m1/s1. The van der Waals surface area contributed by atoms with Crippen LogP contribution in [0.2, 0.25) is 5.02 Å². The van der Waals surface area contributed by atoms with Crippen LogP contribution < -0.4 is 11.2 Å². The molecular weight excluding hydrogens is 334 g/mol. The molecule has 0 saturated heterocycles. The summed E-state index contributed by atoms with van der Waals surface area (Å²) in [5.41, 5.74) is 0.410. The third-order valence-corrected chi connectivity index (χ3v) is 4.32. The fourth-order valence-corrected chi connectivity index (χ4v) is 2.86. The van der Waals surface area contributed by atoms with E-state index < -0.39 is 0 Å². The number of benzene rings is 1. The molecule has 1 amide bonds. The van der Waals surface area contributed by atoms with Crippen LogP contribution in [0.3, 0.4) is 0 Å². The average molecular weight is 354 g/mol. The van der Waals surface area contributed by atoms with Crippen LogP contribution >= 0.6 is 23.4 Å². The fourth-order valence-electron chi connectivity index (χ4n) is 1.87. The van der Waals surface area contributed by atoms with Gasteiger partial charge in [0.1, 0.15) is 0 Å². The first-order valence-corrected chi connectivity index (χ1v) is 8.39. The van der Waals surface area contributed by atoms with E-state index in [1.165, 1.54) is 16.4 Å². The van der Waals surface area contributed by atoms with Crippen molar-refractivity contribution < 1.29 is 4.79 Å². The maximum atomic E-state index is 12.2. The number of aromatic nitrogens is 3. The molecule has 0 bridgehead atoms. The number of rotatable bonds is 4. The number of carbonyl (C=O) groups excluding carboxylic acids is 1. The molecule has 0 saturated carbocycles.